The minimum Gasteiger partial charge on any atom is -0.462 e. The van der Waals surface area contributed by atoms with Crippen LogP contribution in [0.4, 0.5) is 4.79 Å². The second-order valence-electron chi connectivity index (χ2n) is 9.29. The highest BCUT2D eigenvalue weighted by Gasteiger charge is 2.26. The van der Waals surface area contributed by atoms with Gasteiger partial charge in [-0.1, -0.05) is 37.6 Å². The van der Waals surface area contributed by atoms with Crippen LogP contribution in [0.1, 0.15) is 62.4 Å². The zero-order chi connectivity index (χ0) is 26.8. The Balaban J connectivity index is 1.71. The summed E-state index contributed by atoms with van der Waals surface area (Å²) >= 11 is 0. The fourth-order valence-electron chi connectivity index (χ4n) is 3.87. The standard InChI is InChI=1S/C27H36N2O7S/c1-4-5-16-35-26(30)24-10-6-7-11-25(24)37(32,33)36-22-14-12-21(13-15-22)18-29(27(31)28-20(2)3)19-23-9-8-17-34-23/h6-7,10-15,20,23H,4-5,8-9,16-19H2,1-3H3,(H,28,31)/t23-/m1/s1. The summed E-state index contributed by atoms with van der Waals surface area (Å²) in [5.74, 6) is -0.618. The lowest BCUT2D eigenvalue weighted by atomic mass is 10.2. The molecule has 2 amide bonds. The number of hydrogen-bond acceptors (Lipinski definition) is 7. The van der Waals surface area contributed by atoms with E-state index in [0.29, 0.717) is 26.1 Å². The second-order valence-corrected chi connectivity index (χ2v) is 10.8. The predicted molar refractivity (Wildman–Crippen MR) is 139 cm³/mol. The fraction of sp³-hybridized carbons (Fsp3) is 0.481. The van der Waals surface area contributed by atoms with E-state index >= 15 is 0 Å². The van der Waals surface area contributed by atoms with Crippen molar-refractivity contribution in [3.05, 3.63) is 59.7 Å². The van der Waals surface area contributed by atoms with Crippen molar-refractivity contribution in [1.29, 1.82) is 0 Å². The molecule has 2 aromatic rings. The van der Waals surface area contributed by atoms with Crippen LogP contribution in [0.25, 0.3) is 0 Å². The largest absolute Gasteiger partial charge is 0.462 e. The lowest BCUT2D eigenvalue weighted by Crippen LogP contribution is -2.45. The van der Waals surface area contributed by atoms with E-state index in [9.17, 15) is 18.0 Å². The van der Waals surface area contributed by atoms with Gasteiger partial charge in [0, 0.05) is 25.7 Å². The minimum absolute atomic E-state index is 0.000562. The molecule has 1 aliphatic heterocycles. The van der Waals surface area contributed by atoms with Crippen molar-refractivity contribution in [3.63, 3.8) is 0 Å². The molecule has 37 heavy (non-hydrogen) atoms. The Morgan fingerprint density at radius 1 is 1.14 bits per heavy atom. The van der Waals surface area contributed by atoms with Crippen LogP contribution >= 0.6 is 0 Å². The molecule has 10 heteroatoms. The number of hydrogen-bond donors (Lipinski definition) is 1. The normalized spacial score (nSPS) is 15.4. The molecule has 0 aliphatic carbocycles. The minimum atomic E-state index is -4.29. The quantitative estimate of drug-likeness (QED) is 0.243. The smallest absolute Gasteiger partial charge is 0.340 e. The third-order valence-electron chi connectivity index (χ3n) is 5.76. The molecule has 0 aromatic heterocycles. The van der Waals surface area contributed by atoms with E-state index in [4.69, 9.17) is 13.7 Å². The van der Waals surface area contributed by atoms with E-state index in [1.54, 1.807) is 23.1 Å². The van der Waals surface area contributed by atoms with Crippen molar-refractivity contribution in [2.24, 2.45) is 0 Å². The highest BCUT2D eigenvalue weighted by molar-refractivity contribution is 7.87. The molecule has 0 unspecified atom stereocenters. The Hall–Kier alpha value is -3.11. The Labute approximate surface area is 219 Å². The first-order chi connectivity index (χ1) is 17.7. The lowest BCUT2D eigenvalue weighted by Gasteiger charge is -2.27. The molecule has 0 saturated carbocycles. The molecule has 0 radical (unpaired) electrons. The molecular weight excluding hydrogens is 496 g/mol. The van der Waals surface area contributed by atoms with Crippen LogP contribution in [0.3, 0.4) is 0 Å². The zero-order valence-corrected chi connectivity index (χ0v) is 22.5. The number of esters is 1. The maximum absolute atomic E-state index is 13.0. The third kappa shape index (κ3) is 8.46. The van der Waals surface area contributed by atoms with Crippen LogP contribution in [0.15, 0.2) is 53.4 Å². The first kappa shape index (κ1) is 28.5. The molecule has 1 aliphatic rings. The Morgan fingerprint density at radius 2 is 1.86 bits per heavy atom. The monoisotopic (exact) mass is 532 g/mol. The van der Waals surface area contributed by atoms with Crippen LogP contribution in [0.2, 0.25) is 0 Å². The topological polar surface area (TPSA) is 111 Å². The van der Waals surface area contributed by atoms with Crippen molar-refractivity contribution in [3.8, 4) is 5.75 Å². The number of ether oxygens (including phenoxy) is 2. The van der Waals surface area contributed by atoms with Gasteiger partial charge >= 0.3 is 22.1 Å². The van der Waals surface area contributed by atoms with Gasteiger partial charge in [-0.15, -0.1) is 0 Å². The Morgan fingerprint density at radius 3 is 2.51 bits per heavy atom. The molecule has 2 aromatic carbocycles. The lowest BCUT2D eigenvalue weighted by molar-refractivity contribution is 0.0495. The molecule has 1 atom stereocenters. The van der Waals surface area contributed by atoms with Gasteiger partial charge in [0.15, 0.2) is 0 Å². The van der Waals surface area contributed by atoms with Crippen LogP contribution in [0.5, 0.6) is 5.75 Å². The average molecular weight is 533 g/mol. The molecular formula is C27H36N2O7S. The number of amides is 2. The molecule has 202 valence electrons. The van der Waals surface area contributed by atoms with Gasteiger partial charge in [-0.3, -0.25) is 0 Å². The van der Waals surface area contributed by atoms with Crippen molar-refractivity contribution in [2.75, 3.05) is 19.8 Å². The summed E-state index contributed by atoms with van der Waals surface area (Å²) < 4.78 is 42.2. The molecule has 1 heterocycles. The zero-order valence-electron chi connectivity index (χ0n) is 21.6. The molecule has 0 spiro atoms. The van der Waals surface area contributed by atoms with Crippen LogP contribution in [-0.4, -0.2) is 57.2 Å². The summed E-state index contributed by atoms with van der Waals surface area (Å²) in [6.07, 6.45) is 3.42. The number of carbonyl (C=O) groups is 2. The van der Waals surface area contributed by atoms with Crippen molar-refractivity contribution in [2.45, 2.75) is 70.0 Å². The maximum Gasteiger partial charge on any atom is 0.340 e. The first-order valence-electron chi connectivity index (χ1n) is 12.7. The van der Waals surface area contributed by atoms with Crippen LogP contribution in [0, 0.1) is 0 Å². The van der Waals surface area contributed by atoms with Crippen molar-refractivity contribution >= 4 is 22.1 Å². The number of nitrogens with one attached hydrogen (secondary N) is 1. The molecule has 1 saturated heterocycles. The first-order valence-corrected chi connectivity index (χ1v) is 14.1. The molecule has 0 bridgehead atoms. The SMILES string of the molecule is CCCCOC(=O)c1ccccc1S(=O)(=O)Oc1ccc(CN(C[C@H]2CCCO2)C(=O)NC(C)C)cc1. The van der Waals surface area contributed by atoms with Crippen LogP contribution < -0.4 is 9.50 Å². The molecule has 1 N–H and O–H groups in total. The van der Waals surface area contributed by atoms with Gasteiger partial charge in [0.25, 0.3) is 0 Å². The van der Waals surface area contributed by atoms with Gasteiger partial charge in [0.2, 0.25) is 0 Å². The van der Waals surface area contributed by atoms with Gasteiger partial charge < -0.3 is 23.9 Å². The summed E-state index contributed by atoms with van der Waals surface area (Å²) in [6, 6.07) is 12.1. The number of rotatable bonds is 12. The highest BCUT2D eigenvalue weighted by atomic mass is 32.2. The molecule has 3 rings (SSSR count). The predicted octanol–water partition coefficient (Wildman–Crippen LogP) is 4.51. The molecule has 1 fully saturated rings. The summed E-state index contributed by atoms with van der Waals surface area (Å²) in [7, 11) is -4.29. The van der Waals surface area contributed by atoms with E-state index in [2.05, 4.69) is 5.32 Å². The van der Waals surface area contributed by atoms with E-state index in [-0.39, 0.29) is 41.0 Å². The number of benzene rings is 2. The van der Waals surface area contributed by atoms with Gasteiger partial charge in [-0.2, -0.15) is 8.42 Å². The Kier molecular flexibility index (Phi) is 10.3. The summed E-state index contributed by atoms with van der Waals surface area (Å²) in [4.78, 5) is 26.6. The van der Waals surface area contributed by atoms with E-state index < -0.39 is 16.1 Å². The van der Waals surface area contributed by atoms with Gasteiger partial charge in [0.1, 0.15) is 10.6 Å². The summed E-state index contributed by atoms with van der Waals surface area (Å²) in [5.41, 5.74) is 0.734. The van der Waals surface area contributed by atoms with Crippen molar-refractivity contribution < 1.29 is 31.7 Å². The van der Waals surface area contributed by atoms with Gasteiger partial charge in [0.05, 0.1) is 18.3 Å². The maximum atomic E-state index is 13.0. The summed E-state index contributed by atoms with van der Waals surface area (Å²) in [6.45, 7) is 7.48. The van der Waals surface area contributed by atoms with Crippen molar-refractivity contribution in [1.82, 2.24) is 10.2 Å². The van der Waals surface area contributed by atoms with E-state index in [0.717, 1.165) is 24.8 Å². The van der Waals surface area contributed by atoms with Gasteiger partial charge in [-0.25, -0.2) is 9.59 Å². The highest BCUT2D eigenvalue weighted by Crippen LogP contribution is 2.23. The summed E-state index contributed by atoms with van der Waals surface area (Å²) in [5, 5.41) is 2.92. The number of carbonyl (C=O) groups excluding carboxylic acids is 2. The fourth-order valence-corrected chi connectivity index (χ4v) is 4.99. The number of nitrogens with zero attached hydrogens (tertiary/aromatic N) is 1. The molecule has 9 nitrogen and oxygen atoms in total. The number of unbranched alkanes of at least 4 members (excludes halogenated alkanes) is 1. The average Bonchev–Trinajstić information content (AvgIpc) is 3.37. The third-order valence-corrected chi connectivity index (χ3v) is 7.06. The van der Waals surface area contributed by atoms with Gasteiger partial charge in [-0.05, 0) is 62.9 Å². The van der Waals surface area contributed by atoms with E-state index in [1.165, 1.54) is 30.3 Å². The van der Waals surface area contributed by atoms with Crippen LogP contribution in [-0.2, 0) is 26.1 Å². The second kappa shape index (κ2) is 13.4. The Bertz CT molecular complexity index is 1140. The van der Waals surface area contributed by atoms with E-state index in [1.807, 2.05) is 20.8 Å². The number of urea groups is 1.